The number of carbonyl (C=O) groups excluding carboxylic acids is 2. The van der Waals surface area contributed by atoms with Crippen molar-refractivity contribution in [3.05, 3.63) is 0 Å². The second-order valence-electron chi connectivity index (χ2n) is 6.23. The molecule has 1 heterocycles. The molecule has 0 aromatic rings. The molecule has 2 atom stereocenters. The first-order valence-electron chi connectivity index (χ1n) is 7.88. The molecule has 1 saturated heterocycles. The predicted octanol–water partition coefficient (Wildman–Crippen LogP) is -0.779. The molecule has 1 rings (SSSR count). The van der Waals surface area contributed by atoms with E-state index in [2.05, 4.69) is 5.32 Å². The molecule has 1 unspecified atom stereocenters. The van der Waals surface area contributed by atoms with Crippen LogP contribution in [0.15, 0.2) is 0 Å². The van der Waals surface area contributed by atoms with Crippen molar-refractivity contribution in [2.24, 2.45) is 5.92 Å². The number of carbonyl (C=O) groups is 4. The zero-order valence-electron chi connectivity index (χ0n) is 14.0. The van der Waals surface area contributed by atoms with Crippen molar-refractivity contribution < 1.29 is 29.4 Å². The summed E-state index contributed by atoms with van der Waals surface area (Å²) >= 11 is 0. The molecule has 24 heavy (non-hydrogen) atoms. The summed E-state index contributed by atoms with van der Waals surface area (Å²) in [7, 11) is 3.87. The van der Waals surface area contributed by atoms with E-state index in [1.165, 1.54) is 0 Å². The molecule has 0 spiro atoms. The van der Waals surface area contributed by atoms with Crippen LogP contribution >= 0.6 is 0 Å². The minimum absolute atomic E-state index is 0.0546. The third kappa shape index (κ3) is 6.53. The standard InChI is InChI=1S/C15H25N3O6/c1-17(2)6-3-7-18-9-10(8-12(18)19)14(22)16-11(15(23)24)4-5-13(20)21/h10-11H,3-9H2,1-2H3,(H,16,22)(H,20,21)(H,23,24)/t10?,11-/m0/s1. The molecule has 0 radical (unpaired) electrons. The Balaban J connectivity index is 2.50. The summed E-state index contributed by atoms with van der Waals surface area (Å²) in [6.07, 6.45) is 0.309. The minimum Gasteiger partial charge on any atom is -0.481 e. The summed E-state index contributed by atoms with van der Waals surface area (Å²) in [6, 6.07) is -1.26. The van der Waals surface area contributed by atoms with Crippen LogP contribution < -0.4 is 5.32 Å². The maximum atomic E-state index is 12.2. The van der Waals surface area contributed by atoms with Crippen molar-refractivity contribution in [2.75, 3.05) is 33.7 Å². The van der Waals surface area contributed by atoms with Gasteiger partial charge in [-0.15, -0.1) is 0 Å². The van der Waals surface area contributed by atoms with Gasteiger partial charge in [0.2, 0.25) is 11.8 Å². The number of nitrogens with one attached hydrogen (secondary N) is 1. The minimum atomic E-state index is -1.28. The highest BCUT2D eigenvalue weighted by atomic mass is 16.4. The lowest BCUT2D eigenvalue weighted by molar-refractivity contribution is -0.143. The Morgan fingerprint density at radius 3 is 2.54 bits per heavy atom. The molecular weight excluding hydrogens is 318 g/mol. The smallest absolute Gasteiger partial charge is 0.326 e. The molecule has 1 fully saturated rings. The van der Waals surface area contributed by atoms with Gasteiger partial charge in [0, 0.05) is 25.9 Å². The lowest BCUT2D eigenvalue weighted by Crippen LogP contribution is -2.44. The van der Waals surface area contributed by atoms with Crippen LogP contribution in [0, 0.1) is 5.92 Å². The van der Waals surface area contributed by atoms with Crippen molar-refractivity contribution in [2.45, 2.75) is 31.7 Å². The maximum Gasteiger partial charge on any atom is 0.326 e. The molecule has 9 heteroatoms. The van der Waals surface area contributed by atoms with E-state index in [1.807, 2.05) is 19.0 Å². The predicted molar refractivity (Wildman–Crippen MR) is 84.3 cm³/mol. The van der Waals surface area contributed by atoms with Crippen LogP contribution in [0.5, 0.6) is 0 Å². The monoisotopic (exact) mass is 343 g/mol. The maximum absolute atomic E-state index is 12.2. The number of amides is 2. The lowest BCUT2D eigenvalue weighted by Gasteiger charge is -2.19. The van der Waals surface area contributed by atoms with Crippen molar-refractivity contribution in [1.29, 1.82) is 0 Å². The summed E-state index contributed by atoms with van der Waals surface area (Å²) in [6.45, 7) is 1.66. The van der Waals surface area contributed by atoms with Crippen molar-refractivity contribution in [3.63, 3.8) is 0 Å². The Morgan fingerprint density at radius 2 is 2.00 bits per heavy atom. The van der Waals surface area contributed by atoms with Crippen LogP contribution in [-0.4, -0.2) is 83.5 Å². The van der Waals surface area contributed by atoms with Gasteiger partial charge < -0.3 is 25.3 Å². The van der Waals surface area contributed by atoms with Crippen LogP contribution in [0.25, 0.3) is 0 Å². The molecule has 0 aliphatic carbocycles. The first-order chi connectivity index (χ1) is 11.2. The molecule has 136 valence electrons. The Hall–Kier alpha value is -2.16. The summed E-state index contributed by atoms with van der Waals surface area (Å²) in [5, 5.41) is 20.0. The van der Waals surface area contributed by atoms with Gasteiger partial charge >= 0.3 is 11.9 Å². The van der Waals surface area contributed by atoms with Crippen molar-refractivity contribution >= 4 is 23.8 Å². The number of hydrogen-bond donors (Lipinski definition) is 3. The number of aliphatic carboxylic acids is 2. The van der Waals surface area contributed by atoms with Crippen LogP contribution in [0.2, 0.25) is 0 Å². The number of hydrogen-bond acceptors (Lipinski definition) is 5. The summed E-state index contributed by atoms with van der Waals surface area (Å²) in [5.74, 6) is -3.64. The van der Waals surface area contributed by atoms with Gasteiger partial charge in [0.15, 0.2) is 0 Å². The largest absolute Gasteiger partial charge is 0.481 e. The van der Waals surface area contributed by atoms with Crippen LogP contribution in [0.1, 0.15) is 25.7 Å². The van der Waals surface area contributed by atoms with E-state index in [0.29, 0.717) is 6.54 Å². The van der Waals surface area contributed by atoms with Crippen molar-refractivity contribution in [3.8, 4) is 0 Å². The summed E-state index contributed by atoms with van der Waals surface area (Å²) in [5.41, 5.74) is 0. The molecule has 0 saturated carbocycles. The van der Waals surface area contributed by atoms with E-state index in [4.69, 9.17) is 10.2 Å². The molecule has 2 amide bonds. The highest BCUT2D eigenvalue weighted by Gasteiger charge is 2.35. The van der Waals surface area contributed by atoms with Crippen LogP contribution in [0.3, 0.4) is 0 Å². The highest BCUT2D eigenvalue weighted by Crippen LogP contribution is 2.18. The Kier molecular flexibility index (Phi) is 7.63. The van der Waals surface area contributed by atoms with Gasteiger partial charge in [-0.1, -0.05) is 0 Å². The van der Waals surface area contributed by atoms with E-state index in [9.17, 15) is 19.2 Å². The Labute approximate surface area is 140 Å². The molecule has 1 aliphatic heterocycles. The fraction of sp³-hybridized carbons (Fsp3) is 0.733. The number of nitrogens with zero attached hydrogens (tertiary/aromatic N) is 2. The second-order valence-corrected chi connectivity index (χ2v) is 6.23. The zero-order valence-corrected chi connectivity index (χ0v) is 14.0. The van der Waals surface area contributed by atoms with Gasteiger partial charge in [-0.05, 0) is 33.5 Å². The van der Waals surface area contributed by atoms with Gasteiger partial charge in [0.1, 0.15) is 6.04 Å². The van der Waals surface area contributed by atoms with E-state index >= 15 is 0 Å². The van der Waals surface area contributed by atoms with Gasteiger partial charge in [0.05, 0.1) is 5.92 Å². The fourth-order valence-corrected chi connectivity index (χ4v) is 2.56. The van der Waals surface area contributed by atoms with Gasteiger partial charge in [-0.2, -0.15) is 0 Å². The first-order valence-corrected chi connectivity index (χ1v) is 7.88. The van der Waals surface area contributed by atoms with Gasteiger partial charge in [-0.3, -0.25) is 14.4 Å². The SMILES string of the molecule is CN(C)CCCN1CC(C(=O)N[C@@H](CCC(=O)O)C(=O)O)CC1=O. The molecule has 0 bridgehead atoms. The summed E-state index contributed by atoms with van der Waals surface area (Å²) < 4.78 is 0. The van der Waals surface area contributed by atoms with Crippen LogP contribution in [-0.2, 0) is 19.2 Å². The number of carboxylic acids is 2. The molecule has 0 aromatic carbocycles. The van der Waals surface area contributed by atoms with E-state index in [1.54, 1.807) is 4.90 Å². The quantitative estimate of drug-likeness (QED) is 0.475. The third-order valence-corrected chi connectivity index (χ3v) is 3.88. The highest BCUT2D eigenvalue weighted by molar-refractivity contribution is 5.91. The number of rotatable bonds is 10. The average Bonchev–Trinajstić information content (AvgIpc) is 2.83. The van der Waals surface area contributed by atoms with Crippen molar-refractivity contribution in [1.82, 2.24) is 15.1 Å². The normalized spacial score (nSPS) is 18.7. The first kappa shape index (κ1) is 19.9. The van der Waals surface area contributed by atoms with Crippen LogP contribution in [0.4, 0.5) is 0 Å². The third-order valence-electron chi connectivity index (χ3n) is 3.88. The van der Waals surface area contributed by atoms with E-state index in [-0.39, 0.29) is 31.7 Å². The molecular formula is C15H25N3O6. The topological polar surface area (TPSA) is 127 Å². The zero-order chi connectivity index (χ0) is 18.3. The molecule has 3 N–H and O–H groups in total. The molecule has 1 aliphatic rings. The number of carboxylic acid groups (broad SMARTS) is 2. The fourth-order valence-electron chi connectivity index (χ4n) is 2.56. The van der Waals surface area contributed by atoms with Gasteiger partial charge in [0.25, 0.3) is 0 Å². The summed E-state index contributed by atoms with van der Waals surface area (Å²) in [4.78, 5) is 49.4. The molecule has 0 aromatic heterocycles. The average molecular weight is 343 g/mol. The van der Waals surface area contributed by atoms with Gasteiger partial charge in [-0.25, -0.2) is 4.79 Å². The van der Waals surface area contributed by atoms with E-state index in [0.717, 1.165) is 13.0 Å². The van der Waals surface area contributed by atoms with E-state index < -0.39 is 29.8 Å². The molecule has 9 nitrogen and oxygen atoms in total. The Morgan fingerprint density at radius 1 is 1.33 bits per heavy atom. The Bertz CT molecular complexity index is 494. The second kappa shape index (κ2) is 9.21. The lowest BCUT2D eigenvalue weighted by atomic mass is 10.1. The number of likely N-dealkylation sites (tertiary alicyclic amines) is 1.